The van der Waals surface area contributed by atoms with Crippen LogP contribution in [-0.2, 0) is 18.8 Å². The van der Waals surface area contributed by atoms with Gasteiger partial charge in [0.1, 0.15) is 0 Å². The van der Waals surface area contributed by atoms with Crippen LogP contribution >= 0.6 is 0 Å². The standard InChI is InChI=1S/C39H43N3O3/c1-4-40-27(2)13-14-28(3)42-36-20-17-31(34-11-8-12-35(37(34)36)38(42)43)25-29-15-18-32(19-16-29)39(44,45)33-21-23-41(24-22-33)26-30-9-6-5-7-10-30/h4-12,15-20,28,33,40,44-45H,1-2,13-14,21-26H2,3H3. The number of hydrogen-bond acceptors (Lipinski definition) is 5. The van der Waals surface area contributed by atoms with Crippen molar-refractivity contribution in [3.8, 4) is 0 Å². The molecule has 2 aliphatic heterocycles. The lowest BCUT2D eigenvalue weighted by Crippen LogP contribution is -2.43. The monoisotopic (exact) mass is 601 g/mol. The minimum absolute atomic E-state index is 0.0168. The van der Waals surface area contributed by atoms with Gasteiger partial charge in [0, 0.05) is 40.7 Å². The van der Waals surface area contributed by atoms with E-state index in [2.05, 4.69) is 72.8 Å². The Morgan fingerprint density at radius 1 is 0.978 bits per heavy atom. The largest absolute Gasteiger partial charge is 0.366 e. The van der Waals surface area contributed by atoms with Crippen LogP contribution in [0.3, 0.4) is 0 Å². The van der Waals surface area contributed by atoms with Gasteiger partial charge >= 0.3 is 0 Å². The molecule has 3 N–H and O–H groups in total. The average Bonchev–Trinajstić information content (AvgIpc) is 3.34. The van der Waals surface area contributed by atoms with Crippen LogP contribution in [0, 0.1) is 5.92 Å². The molecule has 45 heavy (non-hydrogen) atoms. The summed E-state index contributed by atoms with van der Waals surface area (Å²) < 4.78 is 0. The van der Waals surface area contributed by atoms with Gasteiger partial charge < -0.3 is 20.4 Å². The first-order valence-corrected chi connectivity index (χ1v) is 16.0. The van der Waals surface area contributed by atoms with E-state index in [9.17, 15) is 15.0 Å². The number of aliphatic hydroxyl groups is 2. The van der Waals surface area contributed by atoms with Gasteiger partial charge in [0.05, 0.1) is 5.69 Å². The molecule has 2 aliphatic rings. The molecule has 0 aliphatic carbocycles. The maximum absolute atomic E-state index is 13.5. The van der Waals surface area contributed by atoms with Crippen molar-refractivity contribution >= 4 is 22.4 Å². The minimum Gasteiger partial charge on any atom is -0.366 e. The molecule has 0 aromatic heterocycles. The Hall–Kier alpha value is -4.23. The lowest BCUT2D eigenvalue weighted by atomic mass is 9.83. The van der Waals surface area contributed by atoms with Crippen LogP contribution in [0.1, 0.15) is 65.2 Å². The zero-order chi connectivity index (χ0) is 31.6. The molecule has 0 bridgehead atoms. The van der Waals surface area contributed by atoms with Crippen LogP contribution in [0.4, 0.5) is 5.69 Å². The van der Waals surface area contributed by atoms with Crippen LogP contribution in [0.25, 0.3) is 10.8 Å². The zero-order valence-electron chi connectivity index (χ0n) is 26.1. The van der Waals surface area contributed by atoms with Gasteiger partial charge in [-0.25, -0.2) is 0 Å². The van der Waals surface area contributed by atoms with Gasteiger partial charge in [0.25, 0.3) is 5.91 Å². The van der Waals surface area contributed by atoms with E-state index in [0.717, 1.165) is 84.2 Å². The third-order valence-electron chi connectivity index (χ3n) is 9.61. The van der Waals surface area contributed by atoms with Crippen LogP contribution in [0.15, 0.2) is 110 Å². The molecule has 1 unspecified atom stereocenters. The van der Waals surface area contributed by atoms with Gasteiger partial charge in [-0.3, -0.25) is 9.69 Å². The van der Waals surface area contributed by atoms with Crippen molar-refractivity contribution in [1.29, 1.82) is 0 Å². The van der Waals surface area contributed by atoms with E-state index in [0.29, 0.717) is 12.0 Å². The fraction of sp³-hybridized carbons (Fsp3) is 0.308. The summed E-state index contributed by atoms with van der Waals surface area (Å²) in [4.78, 5) is 17.8. The highest BCUT2D eigenvalue weighted by atomic mass is 16.5. The lowest BCUT2D eigenvalue weighted by Gasteiger charge is -2.38. The Bertz CT molecular complexity index is 1690. The summed E-state index contributed by atoms with van der Waals surface area (Å²) in [6.07, 6.45) is 5.31. The van der Waals surface area contributed by atoms with Crippen LogP contribution < -0.4 is 10.2 Å². The van der Waals surface area contributed by atoms with Crippen molar-refractivity contribution in [3.05, 3.63) is 138 Å². The van der Waals surface area contributed by atoms with Crippen LogP contribution in [0.2, 0.25) is 0 Å². The molecule has 6 heteroatoms. The Balaban J connectivity index is 1.14. The van der Waals surface area contributed by atoms with Crippen molar-refractivity contribution in [3.63, 3.8) is 0 Å². The molecule has 6 nitrogen and oxygen atoms in total. The SMILES string of the molecule is C=CNC(=C)CCC(C)N1C(=O)c2cccc3c(Cc4ccc(C(O)(O)C5CCN(Cc6ccccc6)CC5)cc4)ccc1c23. The Kier molecular flexibility index (Phi) is 8.90. The third-order valence-corrected chi connectivity index (χ3v) is 9.61. The van der Waals surface area contributed by atoms with E-state index >= 15 is 0 Å². The Morgan fingerprint density at radius 2 is 1.71 bits per heavy atom. The molecule has 2 heterocycles. The summed E-state index contributed by atoms with van der Waals surface area (Å²) in [6, 6.07) is 28.3. The van der Waals surface area contributed by atoms with Gasteiger partial charge in [0.15, 0.2) is 5.79 Å². The molecule has 1 atom stereocenters. The second kappa shape index (κ2) is 13.0. The molecule has 0 spiro atoms. The number of nitrogens with zero attached hydrogens (tertiary/aromatic N) is 2. The number of rotatable bonds is 12. The number of benzene rings is 4. The molecular weight excluding hydrogens is 558 g/mol. The molecule has 0 radical (unpaired) electrons. The third kappa shape index (κ3) is 6.32. The number of amides is 1. The van der Waals surface area contributed by atoms with E-state index in [1.54, 1.807) is 6.20 Å². The van der Waals surface area contributed by atoms with Crippen LogP contribution in [-0.4, -0.2) is 40.2 Å². The molecule has 4 aromatic carbocycles. The molecule has 1 fully saturated rings. The predicted molar refractivity (Wildman–Crippen MR) is 182 cm³/mol. The summed E-state index contributed by atoms with van der Waals surface area (Å²) >= 11 is 0. The fourth-order valence-electron chi connectivity index (χ4n) is 7.05. The normalized spacial score (nSPS) is 16.2. The van der Waals surface area contributed by atoms with Crippen molar-refractivity contribution < 1.29 is 15.0 Å². The Morgan fingerprint density at radius 3 is 2.42 bits per heavy atom. The fourth-order valence-corrected chi connectivity index (χ4v) is 7.05. The molecule has 6 rings (SSSR count). The number of carbonyl (C=O) groups is 1. The Labute approximate surface area is 266 Å². The predicted octanol–water partition coefficient (Wildman–Crippen LogP) is 6.86. The van der Waals surface area contributed by atoms with E-state index < -0.39 is 5.79 Å². The van der Waals surface area contributed by atoms with E-state index in [1.165, 1.54) is 5.56 Å². The van der Waals surface area contributed by atoms with Gasteiger partial charge in [0.2, 0.25) is 0 Å². The van der Waals surface area contributed by atoms with Crippen molar-refractivity contribution in [2.45, 2.75) is 57.4 Å². The number of anilines is 1. The maximum atomic E-state index is 13.5. The smallest absolute Gasteiger partial charge is 0.259 e. The number of hydrogen-bond donors (Lipinski definition) is 3. The van der Waals surface area contributed by atoms with Crippen molar-refractivity contribution in [1.82, 2.24) is 10.2 Å². The average molecular weight is 602 g/mol. The second-order valence-electron chi connectivity index (χ2n) is 12.6. The summed E-state index contributed by atoms with van der Waals surface area (Å²) in [5.41, 5.74) is 6.62. The second-order valence-corrected chi connectivity index (χ2v) is 12.6. The summed E-state index contributed by atoms with van der Waals surface area (Å²) in [5, 5.41) is 27.6. The first-order valence-electron chi connectivity index (χ1n) is 16.0. The molecule has 4 aromatic rings. The van der Waals surface area contributed by atoms with Crippen LogP contribution in [0.5, 0.6) is 0 Å². The number of piperidine rings is 1. The zero-order valence-corrected chi connectivity index (χ0v) is 26.1. The number of nitrogens with one attached hydrogen (secondary N) is 1. The van der Waals surface area contributed by atoms with Crippen molar-refractivity contribution in [2.24, 2.45) is 5.92 Å². The number of likely N-dealkylation sites (tertiary alicyclic amines) is 1. The quantitative estimate of drug-likeness (QED) is 0.155. The molecule has 1 amide bonds. The van der Waals surface area contributed by atoms with Gasteiger partial charge in [-0.2, -0.15) is 0 Å². The summed E-state index contributed by atoms with van der Waals surface area (Å²) in [6.45, 7) is 12.4. The molecular formula is C39H43N3O3. The first kappa shape index (κ1) is 30.8. The van der Waals surface area contributed by atoms with E-state index in [-0.39, 0.29) is 17.9 Å². The molecule has 232 valence electrons. The maximum Gasteiger partial charge on any atom is 0.259 e. The highest BCUT2D eigenvalue weighted by Gasteiger charge is 2.38. The summed E-state index contributed by atoms with van der Waals surface area (Å²) in [5.74, 6) is -2.04. The lowest BCUT2D eigenvalue weighted by molar-refractivity contribution is -0.219. The minimum atomic E-state index is -1.87. The highest BCUT2D eigenvalue weighted by Crippen LogP contribution is 2.41. The topological polar surface area (TPSA) is 76.0 Å². The van der Waals surface area contributed by atoms with E-state index in [4.69, 9.17) is 0 Å². The first-order chi connectivity index (χ1) is 21.8. The van der Waals surface area contributed by atoms with Crippen molar-refractivity contribution in [2.75, 3.05) is 18.0 Å². The molecule has 0 saturated carbocycles. The highest BCUT2D eigenvalue weighted by molar-refractivity contribution is 6.25. The molecule has 1 saturated heterocycles. The summed E-state index contributed by atoms with van der Waals surface area (Å²) in [7, 11) is 0. The van der Waals surface area contributed by atoms with Gasteiger partial charge in [-0.05, 0) is 92.5 Å². The number of allylic oxidation sites excluding steroid dienone is 1. The van der Waals surface area contributed by atoms with Gasteiger partial charge in [-0.1, -0.05) is 86.0 Å². The van der Waals surface area contributed by atoms with E-state index in [1.807, 2.05) is 47.4 Å². The number of carbonyl (C=O) groups excluding carboxylic acids is 1. The van der Waals surface area contributed by atoms with Gasteiger partial charge in [-0.15, -0.1) is 0 Å².